The summed E-state index contributed by atoms with van der Waals surface area (Å²) in [6.07, 6.45) is 2.75. The van der Waals surface area contributed by atoms with E-state index in [9.17, 15) is 14.4 Å². The highest BCUT2D eigenvalue weighted by molar-refractivity contribution is 5.92. The second-order valence-corrected chi connectivity index (χ2v) is 9.58. The first kappa shape index (κ1) is 22.9. The van der Waals surface area contributed by atoms with Crippen molar-refractivity contribution < 1.29 is 23.5 Å². The van der Waals surface area contributed by atoms with Crippen LogP contribution in [0.25, 0.3) is 0 Å². The Kier molecular flexibility index (Phi) is 6.44. The van der Waals surface area contributed by atoms with E-state index >= 15 is 0 Å². The van der Waals surface area contributed by atoms with E-state index in [0.717, 1.165) is 17.5 Å². The van der Waals surface area contributed by atoms with E-state index < -0.39 is 23.8 Å². The van der Waals surface area contributed by atoms with Crippen LogP contribution in [-0.2, 0) is 33.8 Å². The number of ether oxygens (including phenoxy) is 1. The van der Waals surface area contributed by atoms with E-state index in [1.54, 1.807) is 44.1 Å². The number of hydrogen-bond donors (Lipinski definition) is 1. The van der Waals surface area contributed by atoms with Crippen LogP contribution in [0, 0.1) is 0 Å². The Morgan fingerprint density at radius 2 is 1.82 bits per heavy atom. The second-order valence-electron chi connectivity index (χ2n) is 9.58. The van der Waals surface area contributed by atoms with Crippen molar-refractivity contribution in [3.8, 4) is 0 Å². The van der Waals surface area contributed by atoms with Gasteiger partial charge in [0, 0.05) is 13.0 Å². The molecular formula is C25H31N3O5. The fraction of sp³-hybridized carbons (Fsp3) is 0.480. The second kappa shape index (κ2) is 9.29. The molecule has 2 aliphatic heterocycles. The number of likely N-dealkylation sites (tertiary alicyclic amines) is 1. The van der Waals surface area contributed by atoms with E-state index in [1.807, 2.05) is 24.3 Å². The van der Waals surface area contributed by atoms with Crippen LogP contribution in [0.2, 0.25) is 0 Å². The van der Waals surface area contributed by atoms with E-state index in [0.29, 0.717) is 31.7 Å². The molecule has 0 spiro atoms. The van der Waals surface area contributed by atoms with Gasteiger partial charge < -0.3 is 19.4 Å². The fourth-order valence-corrected chi connectivity index (χ4v) is 4.46. The van der Waals surface area contributed by atoms with Gasteiger partial charge in [0.25, 0.3) is 0 Å². The highest BCUT2D eigenvalue weighted by Gasteiger charge is 2.43. The summed E-state index contributed by atoms with van der Waals surface area (Å²) in [4.78, 5) is 42.8. The molecular weight excluding hydrogens is 422 g/mol. The lowest BCUT2D eigenvalue weighted by molar-refractivity contribution is -0.143. The lowest BCUT2D eigenvalue weighted by Gasteiger charge is -2.39. The van der Waals surface area contributed by atoms with Crippen LogP contribution in [0.15, 0.2) is 47.1 Å². The molecule has 0 aliphatic carbocycles. The van der Waals surface area contributed by atoms with Crippen LogP contribution in [0.4, 0.5) is 4.79 Å². The highest BCUT2D eigenvalue weighted by atomic mass is 16.6. The monoisotopic (exact) mass is 453 g/mol. The maximum Gasteiger partial charge on any atom is 0.411 e. The van der Waals surface area contributed by atoms with Gasteiger partial charge in [-0.05, 0) is 56.9 Å². The van der Waals surface area contributed by atoms with Gasteiger partial charge in [-0.15, -0.1) is 0 Å². The van der Waals surface area contributed by atoms with E-state index in [1.165, 1.54) is 4.90 Å². The molecule has 0 saturated carbocycles. The quantitative estimate of drug-likeness (QED) is 0.767. The molecule has 1 aromatic heterocycles. The minimum atomic E-state index is -0.715. The summed E-state index contributed by atoms with van der Waals surface area (Å²) in [5.41, 5.74) is 1.36. The lowest BCUT2D eigenvalue weighted by atomic mass is 9.93. The third-order valence-electron chi connectivity index (χ3n) is 6.02. The number of carbonyl (C=O) groups excluding carboxylic acids is 3. The van der Waals surface area contributed by atoms with Crippen LogP contribution in [0.1, 0.15) is 50.5 Å². The molecule has 3 heterocycles. The molecule has 33 heavy (non-hydrogen) atoms. The zero-order valence-electron chi connectivity index (χ0n) is 19.4. The van der Waals surface area contributed by atoms with Crippen molar-refractivity contribution in [2.45, 2.75) is 70.8 Å². The average Bonchev–Trinajstić information content (AvgIpc) is 3.47. The third kappa shape index (κ3) is 5.21. The first-order chi connectivity index (χ1) is 15.7. The van der Waals surface area contributed by atoms with Gasteiger partial charge in [-0.1, -0.05) is 24.3 Å². The zero-order valence-corrected chi connectivity index (χ0v) is 19.4. The Morgan fingerprint density at radius 1 is 1.06 bits per heavy atom. The molecule has 1 saturated heterocycles. The molecule has 8 heteroatoms. The van der Waals surface area contributed by atoms with Crippen molar-refractivity contribution in [2.24, 2.45) is 0 Å². The molecule has 0 radical (unpaired) electrons. The smallest absolute Gasteiger partial charge is 0.411 e. The molecule has 1 N–H and O–H groups in total. The maximum atomic E-state index is 13.7. The predicted octanol–water partition coefficient (Wildman–Crippen LogP) is 3.25. The molecule has 2 aliphatic rings. The molecule has 2 atom stereocenters. The largest absolute Gasteiger partial charge is 0.467 e. The van der Waals surface area contributed by atoms with E-state index in [2.05, 4.69) is 5.32 Å². The van der Waals surface area contributed by atoms with Gasteiger partial charge in [-0.2, -0.15) is 0 Å². The summed E-state index contributed by atoms with van der Waals surface area (Å²) in [5.74, 6) is 0.225. The van der Waals surface area contributed by atoms with Crippen LogP contribution < -0.4 is 5.32 Å². The Balaban J connectivity index is 1.53. The van der Waals surface area contributed by atoms with Crippen molar-refractivity contribution in [2.75, 3.05) is 6.54 Å². The average molecular weight is 454 g/mol. The zero-order chi connectivity index (χ0) is 23.6. The topological polar surface area (TPSA) is 92.1 Å². The number of furan rings is 1. The van der Waals surface area contributed by atoms with Crippen LogP contribution >= 0.6 is 0 Å². The normalized spacial score (nSPS) is 20.3. The standard InChI is InChI=1S/C25H31N3O5/c1-25(2,3)33-24(31)28-16-18-9-5-4-8-17(18)14-21(28)23(30)27-12-6-11-20(27)22(29)26-15-19-10-7-13-32-19/h4-5,7-10,13,20-21H,6,11-12,14-16H2,1-3H3,(H,26,29)/t20-,21-/m0/s1. The number of fused-ring (bicyclic) bond motifs is 1. The SMILES string of the molecule is CC(C)(C)OC(=O)N1Cc2ccccc2C[C@H]1C(=O)N1CCC[C@H]1C(=O)NCc1ccco1. The maximum absolute atomic E-state index is 13.7. The number of amides is 3. The van der Waals surface area contributed by atoms with Crippen molar-refractivity contribution in [1.82, 2.24) is 15.1 Å². The predicted molar refractivity (Wildman–Crippen MR) is 121 cm³/mol. The number of carbonyl (C=O) groups is 3. The molecule has 176 valence electrons. The Hall–Kier alpha value is -3.29. The molecule has 2 aromatic rings. The highest BCUT2D eigenvalue weighted by Crippen LogP contribution is 2.29. The molecule has 0 bridgehead atoms. The van der Waals surface area contributed by atoms with Crippen LogP contribution in [-0.4, -0.2) is 51.9 Å². The minimum Gasteiger partial charge on any atom is -0.467 e. The number of rotatable bonds is 4. The molecule has 1 fully saturated rings. The number of hydrogen-bond acceptors (Lipinski definition) is 5. The van der Waals surface area contributed by atoms with Gasteiger partial charge in [-0.25, -0.2) is 4.79 Å². The number of nitrogens with zero attached hydrogens (tertiary/aromatic N) is 2. The van der Waals surface area contributed by atoms with Gasteiger partial charge in [0.2, 0.25) is 11.8 Å². The van der Waals surface area contributed by atoms with Gasteiger partial charge in [0.1, 0.15) is 23.4 Å². The van der Waals surface area contributed by atoms with Crippen molar-refractivity contribution in [3.63, 3.8) is 0 Å². The third-order valence-corrected chi connectivity index (χ3v) is 6.02. The molecule has 1 aromatic carbocycles. The number of benzene rings is 1. The van der Waals surface area contributed by atoms with E-state index in [-0.39, 0.29) is 18.4 Å². The number of nitrogens with one attached hydrogen (secondary N) is 1. The van der Waals surface area contributed by atoms with Gasteiger partial charge >= 0.3 is 6.09 Å². The Morgan fingerprint density at radius 3 is 2.52 bits per heavy atom. The summed E-state index contributed by atoms with van der Waals surface area (Å²) in [5, 5.41) is 2.86. The van der Waals surface area contributed by atoms with Gasteiger partial charge in [-0.3, -0.25) is 14.5 Å². The van der Waals surface area contributed by atoms with Crippen LogP contribution in [0.5, 0.6) is 0 Å². The fourth-order valence-electron chi connectivity index (χ4n) is 4.46. The summed E-state index contributed by atoms with van der Waals surface area (Å²) >= 11 is 0. The van der Waals surface area contributed by atoms with Crippen LogP contribution in [0.3, 0.4) is 0 Å². The minimum absolute atomic E-state index is 0.211. The molecule has 3 amide bonds. The summed E-state index contributed by atoms with van der Waals surface area (Å²) in [7, 11) is 0. The first-order valence-corrected chi connectivity index (χ1v) is 11.4. The Bertz CT molecular complexity index is 1010. The Labute approximate surface area is 193 Å². The first-order valence-electron chi connectivity index (χ1n) is 11.4. The molecule has 8 nitrogen and oxygen atoms in total. The summed E-state index contributed by atoms with van der Waals surface area (Å²) < 4.78 is 10.9. The molecule has 0 unspecified atom stereocenters. The van der Waals surface area contributed by atoms with Crippen molar-refractivity contribution in [1.29, 1.82) is 0 Å². The van der Waals surface area contributed by atoms with E-state index in [4.69, 9.17) is 9.15 Å². The van der Waals surface area contributed by atoms with Gasteiger partial charge in [0.15, 0.2) is 0 Å². The van der Waals surface area contributed by atoms with Crippen molar-refractivity contribution >= 4 is 17.9 Å². The summed E-state index contributed by atoms with van der Waals surface area (Å²) in [6.45, 7) is 6.46. The van der Waals surface area contributed by atoms with Crippen molar-refractivity contribution in [3.05, 3.63) is 59.5 Å². The lowest BCUT2D eigenvalue weighted by Crippen LogP contribution is -2.57. The summed E-state index contributed by atoms with van der Waals surface area (Å²) in [6, 6.07) is 10.1. The molecule has 4 rings (SSSR count). The van der Waals surface area contributed by atoms with Gasteiger partial charge in [0.05, 0.1) is 19.4 Å².